The summed E-state index contributed by atoms with van der Waals surface area (Å²) in [5.41, 5.74) is 0. The molecular weight excluding hydrogens is 191 g/mol. The zero-order valence-electron chi connectivity index (χ0n) is 4.36. The quantitative estimate of drug-likeness (QED) is 0.543. The van der Waals surface area contributed by atoms with Crippen LogP contribution >= 0.6 is 27.5 Å². The Labute approximate surface area is 62.5 Å². The zero-order valence-corrected chi connectivity index (χ0v) is 6.70. The van der Waals surface area contributed by atoms with Gasteiger partial charge in [0, 0.05) is 11.8 Å². The van der Waals surface area contributed by atoms with Crippen LogP contribution in [0.25, 0.3) is 0 Å². The third kappa shape index (κ3) is 1.92. The fraction of sp³-hybridized carbons (Fsp3) is 0.800. The number of hydrogen-bond acceptors (Lipinski definition) is 1. The molecule has 1 heterocycles. The minimum absolute atomic E-state index is 0.276. The van der Waals surface area contributed by atoms with E-state index in [1.54, 1.807) is 0 Å². The van der Waals surface area contributed by atoms with Gasteiger partial charge in [-0.1, -0.05) is 0 Å². The second-order valence-corrected chi connectivity index (χ2v) is 3.30. The van der Waals surface area contributed by atoms with Gasteiger partial charge in [0.25, 0.3) is 0 Å². The first kappa shape index (κ1) is 6.84. The van der Waals surface area contributed by atoms with Crippen LogP contribution in [0.4, 0.5) is 0 Å². The minimum Gasteiger partial charge on any atom is -0.360 e. The first-order chi connectivity index (χ1) is 3.79. The summed E-state index contributed by atoms with van der Waals surface area (Å²) in [6.45, 7) is 0.759. The lowest BCUT2D eigenvalue weighted by atomic mass is 10.2. The van der Waals surface area contributed by atoms with Crippen molar-refractivity contribution in [1.82, 2.24) is 0 Å². The molecule has 0 bridgehead atoms. The third-order valence-electron chi connectivity index (χ3n) is 1.07. The van der Waals surface area contributed by atoms with Gasteiger partial charge in [-0.25, -0.2) is 0 Å². The van der Waals surface area contributed by atoms with Crippen LogP contribution in [-0.2, 0) is 4.74 Å². The standard InChI is InChI=1S/C5H7BrClO/c6-5-3-4(7)1-2-8-5/h4H,1-3H2. The van der Waals surface area contributed by atoms with Crippen LogP contribution in [0.3, 0.4) is 0 Å². The molecule has 1 saturated heterocycles. The molecule has 1 rings (SSSR count). The van der Waals surface area contributed by atoms with Crippen molar-refractivity contribution in [2.75, 3.05) is 6.61 Å². The Morgan fingerprint density at radius 1 is 1.75 bits per heavy atom. The molecule has 0 aromatic carbocycles. The molecule has 0 aliphatic carbocycles. The summed E-state index contributed by atoms with van der Waals surface area (Å²) in [4.78, 5) is 0. The van der Waals surface area contributed by atoms with Crippen LogP contribution in [0.1, 0.15) is 12.8 Å². The Kier molecular flexibility index (Phi) is 2.60. The van der Waals surface area contributed by atoms with E-state index >= 15 is 0 Å². The summed E-state index contributed by atoms with van der Waals surface area (Å²) in [7, 11) is 0. The molecule has 0 aromatic rings. The van der Waals surface area contributed by atoms with Gasteiger partial charge in [-0.3, -0.25) is 0 Å². The lowest BCUT2D eigenvalue weighted by Crippen LogP contribution is -2.15. The molecule has 0 aromatic heterocycles. The average Bonchev–Trinajstić information content (AvgIpc) is 1.64. The Morgan fingerprint density at radius 2 is 2.50 bits per heavy atom. The first-order valence-electron chi connectivity index (χ1n) is 2.57. The van der Waals surface area contributed by atoms with Gasteiger partial charge in [-0.05, 0) is 22.4 Å². The topological polar surface area (TPSA) is 9.23 Å². The summed E-state index contributed by atoms with van der Waals surface area (Å²) in [5.74, 6) is 0. The van der Waals surface area contributed by atoms with E-state index in [-0.39, 0.29) is 5.38 Å². The van der Waals surface area contributed by atoms with Crippen LogP contribution < -0.4 is 0 Å². The molecule has 1 fully saturated rings. The Balaban J connectivity index is 2.23. The maximum Gasteiger partial charge on any atom is 0.162 e. The van der Waals surface area contributed by atoms with E-state index in [4.69, 9.17) is 16.3 Å². The van der Waals surface area contributed by atoms with E-state index in [0.29, 0.717) is 0 Å². The molecule has 1 aliphatic rings. The fourth-order valence-electron chi connectivity index (χ4n) is 0.633. The zero-order chi connectivity index (χ0) is 5.98. The average molecular weight is 198 g/mol. The number of hydrogen-bond donors (Lipinski definition) is 0. The van der Waals surface area contributed by atoms with Crippen LogP contribution in [0, 0.1) is 5.01 Å². The van der Waals surface area contributed by atoms with E-state index in [2.05, 4.69) is 15.9 Å². The highest BCUT2D eigenvalue weighted by molar-refractivity contribution is 9.11. The SMILES string of the molecule is ClC1CCO[C](Br)C1. The Hall–Kier alpha value is 0.730. The summed E-state index contributed by atoms with van der Waals surface area (Å²) < 4.78 is 5.10. The van der Waals surface area contributed by atoms with Crippen molar-refractivity contribution < 1.29 is 4.74 Å². The molecule has 1 atom stereocenters. The normalized spacial score (nSPS) is 33.0. The van der Waals surface area contributed by atoms with Crippen molar-refractivity contribution in [2.24, 2.45) is 0 Å². The fourth-order valence-corrected chi connectivity index (χ4v) is 1.60. The monoisotopic (exact) mass is 197 g/mol. The molecule has 47 valence electrons. The highest BCUT2D eigenvalue weighted by Crippen LogP contribution is 2.27. The third-order valence-corrected chi connectivity index (χ3v) is 2.00. The second kappa shape index (κ2) is 3.04. The highest BCUT2D eigenvalue weighted by atomic mass is 79.9. The highest BCUT2D eigenvalue weighted by Gasteiger charge is 2.18. The summed E-state index contributed by atoms with van der Waals surface area (Å²) in [6, 6.07) is 0. The molecule has 0 amide bonds. The van der Waals surface area contributed by atoms with Crippen molar-refractivity contribution in [3.8, 4) is 0 Å². The van der Waals surface area contributed by atoms with E-state index in [1.165, 1.54) is 0 Å². The number of rotatable bonds is 0. The van der Waals surface area contributed by atoms with E-state index in [0.717, 1.165) is 24.5 Å². The first-order valence-corrected chi connectivity index (χ1v) is 3.80. The van der Waals surface area contributed by atoms with Gasteiger partial charge >= 0.3 is 0 Å². The van der Waals surface area contributed by atoms with Gasteiger partial charge in [-0.15, -0.1) is 11.6 Å². The molecule has 0 spiro atoms. The maximum atomic E-state index is 5.78. The minimum atomic E-state index is 0.276. The number of alkyl halides is 1. The van der Waals surface area contributed by atoms with E-state index < -0.39 is 0 Å². The summed E-state index contributed by atoms with van der Waals surface area (Å²) in [6.07, 6.45) is 1.82. The molecule has 3 heteroatoms. The van der Waals surface area contributed by atoms with Gasteiger partial charge in [0.2, 0.25) is 0 Å². The maximum absolute atomic E-state index is 5.78. The van der Waals surface area contributed by atoms with Crippen molar-refractivity contribution >= 4 is 27.5 Å². The molecule has 1 unspecified atom stereocenters. The molecule has 1 aliphatic heterocycles. The van der Waals surface area contributed by atoms with Crippen LogP contribution in [0.15, 0.2) is 0 Å². The van der Waals surface area contributed by atoms with Gasteiger partial charge in [0.15, 0.2) is 5.01 Å². The van der Waals surface area contributed by atoms with E-state index in [9.17, 15) is 0 Å². The van der Waals surface area contributed by atoms with Crippen LogP contribution in [0.5, 0.6) is 0 Å². The van der Waals surface area contributed by atoms with Crippen LogP contribution in [0.2, 0.25) is 0 Å². The molecule has 8 heavy (non-hydrogen) atoms. The molecule has 0 saturated carbocycles. The van der Waals surface area contributed by atoms with Gasteiger partial charge in [0.1, 0.15) is 0 Å². The molecule has 0 N–H and O–H groups in total. The predicted molar refractivity (Wildman–Crippen MR) is 37.0 cm³/mol. The van der Waals surface area contributed by atoms with Crippen molar-refractivity contribution in [3.05, 3.63) is 5.01 Å². The lowest BCUT2D eigenvalue weighted by Gasteiger charge is -2.19. The van der Waals surface area contributed by atoms with Gasteiger partial charge in [-0.2, -0.15) is 0 Å². The van der Waals surface area contributed by atoms with E-state index in [1.807, 2.05) is 0 Å². The Morgan fingerprint density at radius 3 is 2.88 bits per heavy atom. The molecule has 1 nitrogen and oxygen atoms in total. The number of ether oxygens (including phenoxy) is 1. The molecule has 1 radical (unpaired) electrons. The van der Waals surface area contributed by atoms with Crippen molar-refractivity contribution in [1.29, 1.82) is 0 Å². The van der Waals surface area contributed by atoms with Gasteiger partial charge in [0.05, 0.1) is 6.61 Å². The second-order valence-electron chi connectivity index (χ2n) is 1.79. The van der Waals surface area contributed by atoms with Crippen LogP contribution in [-0.4, -0.2) is 12.0 Å². The Bertz CT molecular complexity index is 70.8. The summed E-state index contributed by atoms with van der Waals surface area (Å²) in [5, 5.41) is 1.17. The largest absolute Gasteiger partial charge is 0.360 e. The molecular formula is C5H7BrClO. The van der Waals surface area contributed by atoms with Gasteiger partial charge < -0.3 is 4.74 Å². The van der Waals surface area contributed by atoms with Crippen molar-refractivity contribution in [2.45, 2.75) is 18.2 Å². The van der Waals surface area contributed by atoms with Crippen molar-refractivity contribution in [3.63, 3.8) is 0 Å². The summed E-state index contributed by atoms with van der Waals surface area (Å²) >= 11 is 9.02. The number of halogens is 2. The predicted octanol–water partition coefficient (Wildman–Crippen LogP) is 2.29. The lowest BCUT2D eigenvalue weighted by molar-refractivity contribution is 0.146. The smallest absolute Gasteiger partial charge is 0.162 e.